The van der Waals surface area contributed by atoms with Crippen molar-refractivity contribution in [3.8, 4) is 0 Å². The van der Waals surface area contributed by atoms with Gasteiger partial charge in [0.1, 0.15) is 0 Å². The lowest BCUT2D eigenvalue weighted by Crippen LogP contribution is -2.45. The summed E-state index contributed by atoms with van der Waals surface area (Å²) in [5, 5.41) is 0. The van der Waals surface area contributed by atoms with Crippen LogP contribution >= 0.6 is 0 Å². The van der Waals surface area contributed by atoms with Crippen LogP contribution in [0.5, 0.6) is 0 Å². The van der Waals surface area contributed by atoms with Crippen LogP contribution in [0.25, 0.3) is 0 Å². The van der Waals surface area contributed by atoms with E-state index in [0.29, 0.717) is 26.4 Å². The van der Waals surface area contributed by atoms with Crippen LogP contribution in [0.3, 0.4) is 0 Å². The van der Waals surface area contributed by atoms with Crippen molar-refractivity contribution in [2.75, 3.05) is 33.5 Å². The van der Waals surface area contributed by atoms with E-state index in [1.165, 1.54) is 0 Å². The molecule has 0 saturated carbocycles. The molecular formula is C20H42O5. The number of ether oxygens (including phenoxy) is 5. The summed E-state index contributed by atoms with van der Waals surface area (Å²) >= 11 is 0. The zero-order valence-corrected chi connectivity index (χ0v) is 17.3. The van der Waals surface area contributed by atoms with E-state index < -0.39 is 12.6 Å². The van der Waals surface area contributed by atoms with Crippen molar-refractivity contribution in [3.05, 3.63) is 0 Å². The second kappa shape index (κ2) is 18.6. The molecule has 0 N–H and O–H groups in total. The van der Waals surface area contributed by atoms with E-state index in [1.807, 2.05) is 0 Å². The molecular weight excluding hydrogens is 320 g/mol. The van der Waals surface area contributed by atoms with Gasteiger partial charge in [-0.15, -0.1) is 0 Å². The predicted molar refractivity (Wildman–Crippen MR) is 102 cm³/mol. The smallest absolute Gasteiger partial charge is 0.188 e. The molecule has 0 spiro atoms. The Hall–Kier alpha value is -0.200. The number of hydrogen-bond donors (Lipinski definition) is 0. The van der Waals surface area contributed by atoms with Crippen molar-refractivity contribution in [2.24, 2.45) is 0 Å². The molecule has 0 unspecified atom stereocenters. The summed E-state index contributed by atoms with van der Waals surface area (Å²) < 4.78 is 29.6. The zero-order chi connectivity index (χ0) is 18.8. The standard InChI is InChI=1S/C20H42O5/c1-6-10-14-22-19(23-15-11-7-2)18(21-5)20(24-16-12-8-3)25-17-13-9-4/h18-20H,6-17H2,1-5H3. The number of unbranched alkanes of at least 4 members (excludes halogenated alkanes) is 4. The fourth-order valence-corrected chi connectivity index (χ4v) is 2.20. The molecule has 0 rings (SSSR count). The highest BCUT2D eigenvalue weighted by Crippen LogP contribution is 2.17. The van der Waals surface area contributed by atoms with Gasteiger partial charge in [-0.3, -0.25) is 0 Å². The van der Waals surface area contributed by atoms with Crippen LogP contribution < -0.4 is 0 Å². The Labute approximate surface area is 155 Å². The van der Waals surface area contributed by atoms with Gasteiger partial charge in [0.25, 0.3) is 0 Å². The van der Waals surface area contributed by atoms with Crippen LogP contribution in [0, 0.1) is 0 Å². The molecule has 0 aliphatic heterocycles. The summed E-state index contributed by atoms with van der Waals surface area (Å²) in [5.41, 5.74) is 0. The van der Waals surface area contributed by atoms with Gasteiger partial charge < -0.3 is 23.7 Å². The predicted octanol–water partition coefficient (Wildman–Crippen LogP) is 4.92. The SMILES string of the molecule is CCCCOC(OCCCC)C(OC)C(OCCCC)OCCCC. The fourth-order valence-electron chi connectivity index (χ4n) is 2.20. The first-order valence-corrected chi connectivity index (χ1v) is 10.2. The second-order valence-electron chi connectivity index (χ2n) is 6.33. The van der Waals surface area contributed by atoms with Gasteiger partial charge in [-0.1, -0.05) is 53.4 Å². The molecule has 0 aromatic carbocycles. The third-order valence-electron chi connectivity index (χ3n) is 3.93. The molecule has 25 heavy (non-hydrogen) atoms. The lowest BCUT2D eigenvalue weighted by atomic mass is 10.3. The Balaban J connectivity index is 4.83. The minimum atomic E-state index is -0.462. The topological polar surface area (TPSA) is 46.2 Å². The molecule has 0 saturated heterocycles. The Morgan fingerprint density at radius 2 is 0.800 bits per heavy atom. The van der Waals surface area contributed by atoms with Crippen molar-refractivity contribution < 1.29 is 23.7 Å². The summed E-state index contributed by atoms with van der Waals surface area (Å²) in [7, 11) is 1.67. The summed E-state index contributed by atoms with van der Waals surface area (Å²) in [6.07, 6.45) is 7.04. The van der Waals surface area contributed by atoms with E-state index in [2.05, 4.69) is 27.7 Å². The highest BCUT2D eigenvalue weighted by atomic mass is 16.7. The van der Waals surface area contributed by atoms with Crippen molar-refractivity contribution in [1.29, 1.82) is 0 Å². The van der Waals surface area contributed by atoms with E-state index >= 15 is 0 Å². The first-order chi connectivity index (χ1) is 12.2. The molecule has 0 aromatic heterocycles. The summed E-state index contributed by atoms with van der Waals surface area (Å²) in [6, 6.07) is 0. The second-order valence-corrected chi connectivity index (χ2v) is 6.33. The number of methoxy groups -OCH3 is 1. The molecule has 0 heterocycles. The third-order valence-corrected chi connectivity index (χ3v) is 3.93. The van der Waals surface area contributed by atoms with Gasteiger partial charge in [0.2, 0.25) is 0 Å². The average Bonchev–Trinajstić information content (AvgIpc) is 2.62. The summed E-state index contributed by atoms with van der Waals surface area (Å²) in [4.78, 5) is 0. The van der Waals surface area contributed by atoms with Gasteiger partial charge in [0.15, 0.2) is 18.7 Å². The molecule has 0 amide bonds. The van der Waals surface area contributed by atoms with Gasteiger partial charge in [-0.05, 0) is 25.7 Å². The van der Waals surface area contributed by atoms with Crippen LogP contribution in [-0.2, 0) is 23.7 Å². The van der Waals surface area contributed by atoms with Gasteiger partial charge in [-0.25, -0.2) is 0 Å². The number of rotatable bonds is 19. The van der Waals surface area contributed by atoms with Crippen LogP contribution in [0.4, 0.5) is 0 Å². The quantitative estimate of drug-likeness (QED) is 0.241. The van der Waals surface area contributed by atoms with Gasteiger partial charge in [0.05, 0.1) is 0 Å². The van der Waals surface area contributed by atoms with E-state index in [4.69, 9.17) is 23.7 Å². The van der Waals surface area contributed by atoms with E-state index in [9.17, 15) is 0 Å². The third kappa shape index (κ3) is 12.7. The first kappa shape index (κ1) is 24.8. The zero-order valence-electron chi connectivity index (χ0n) is 17.3. The minimum Gasteiger partial charge on any atom is -0.371 e. The fraction of sp³-hybridized carbons (Fsp3) is 1.00. The van der Waals surface area contributed by atoms with Crippen molar-refractivity contribution in [1.82, 2.24) is 0 Å². The molecule has 152 valence electrons. The molecule has 5 nitrogen and oxygen atoms in total. The maximum Gasteiger partial charge on any atom is 0.188 e. The largest absolute Gasteiger partial charge is 0.371 e. The van der Waals surface area contributed by atoms with E-state index in [-0.39, 0.29) is 6.10 Å². The lowest BCUT2D eigenvalue weighted by Gasteiger charge is -2.32. The van der Waals surface area contributed by atoms with Gasteiger partial charge in [-0.2, -0.15) is 0 Å². The van der Waals surface area contributed by atoms with Crippen molar-refractivity contribution in [2.45, 2.75) is 97.7 Å². The van der Waals surface area contributed by atoms with Crippen LogP contribution in [0.15, 0.2) is 0 Å². The van der Waals surface area contributed by atoms with Gasteiger partial charge in [0, 0.05) is 33.5 Å². The molecule has 0 bridgehead atoms. The summed E-state index contributed by atoms with van der Waals surface area (Å²) in [6.45, 7) is 11.2. The van der Waals surface area contributed by atoms with Crippen molar-refractivity contribution in [3.63, 3.8) is 0 Å². The highest BCUT2D eigenvalue weighted by molar-refractivity contribution is 4.69. The Morgan fingerprint density at radius 3 is 1.00 bits per heavy atom. The van der Waals surface area contributed by atoms with Crippen molar-refractivity contribution >= 4 is 0 Å². The average molecular weight is 363 g/mol. The maximum absolute atomic E-state index is 5.97. The van der Waals surface area contributed by atoms with Crippen LogP contribution in [-0.4, -0.2) is 52.2 Å². The minimum absolute atomic E-state index is 0.387. The van der Waals surface area contributed by atoms with Crippen LogP contribution in [0.2, 0.25) is 0 Å². The van der Waals surface area contributed by atoms with E-state index in [0.717, 1.165) is 51.4 Å². The lowest BCUT2D eigenvalue weighted by molar-refractivity contribution is -0.280. The summed E-state index contributed by atoms with van der Waals surface area (Å²) in [5.74, 6) is 0. The Kier molecular flexibility index (Phi) is 18.4. The van der Waals surface area contributed by atoms with E-state index in [1.54, 1.807) is 7.11 Å². The highest BCUT2D eigenvalue weighted by Gasteiger charge is 2.33. The molecule has 0 aromatic rings. The van der Waals surface area contributed by atoms with Gasteiger partial charge >= 0.3 is 0 Å². The maximum atomic E-state index is 5.97. The first-order valence-electron chi connectivity index (χ1n) is 10.2. The molecule has 0 aliphatic carbocycles. The molecule has 5 heteroatoms. The molecule has 0 aliphatic rings. The number of hydrogen-bond acceptors (Lipinski definition) is 5. The normalized spacial score (nSPS) is 12.0. The molecule has 0 fully saturated rings. The Bertz CT molecular complexity index is 218. The monoisotopic (exact) mass is 362 g/mol. The Morgan fingerprint density at radius 1 is 0.520 bits per heavy atom. The molecule has 0 atom stereocenters. The van der Waals surface area contributed by atoms with Crippen LogP contribution in [0.1, 0.15) is 79.1 Å². The molecule has 0 radical (unpaired) electrons.